The Balaban J connectivity index is 1.54. The van der Waals surface area contributed by atoms with E-state index in [1.165, 1.54) is 38.5 Å². The summed E-state index contributed by atoms with van der Waals surface area (Å²) >= 11 is 0. The summed E-state index contributed by atoms with van der Waals surface area (Å²) in [6.07, 6.45) is 11.6. The van der Waals surface area contributed by atoms with Crippen LogP contribution >= 0.6 is 0 Å². The molecule has 0 spiro atoms. The molecule has 0 saturated heterocycles. The second-order valence-corrected chi connectivity index (χ2v) is 10.9. The molecule has 4 rings (SSSR count). The van der Waals surface area contributed by atoms with Crippen LogP contribution in [0.1, 0.15) is 114 Å². The Labute approximate surface area is 164 Å². The van der Waals surface area contributed by atoms with Crippen LogP contribution in [0, 0.1) is 10.8 Å². The lowest BCUT2D eigenvalue weighted by Gasteiger charge is -2.46. The highest BCUT2D eigenvalue weighted by Crippen LogP contribution is 2.43. The molecule has 3 fully saturated rings. The lowest BCUT2D eigenvalue weighted by molar-refractivity contribution is 0.0266. The van der Waals surface area contributed by atoms with Gasteiger partial charge in [0.2, 0.25) is 0 Å². The van der Waals surface area contributed by atoms with Gasteiger partial charge in [-0.2, -0.15) is 0 Å². The first kappa shape index (κ1) is 19.0. The first-order chi connectivity index (χ1) is 12.7. The van der Waals surface area contributed by atoms with E-state index < -0.39 is 0 Å². The Morgan fingerprint density at radius 2 is 1.41 bits per heavy atom. The van der Waals surface area contributed by atoms with E-state index in [4.69, 9.17) is 4.52 Å². The van der Waals surface area contributed by atoms with Crippen LogP contribution in [0.25, 0.3) is 0 Å². The lowest BCUT2D eigenvalue weighted by Crippen LogP contribution is -2.51. The summed E-state index contributed by atoms with van der Waals surface area (Å²) in [4.78, 5) is 15.8. The number of hydrogen-bond donors (Lipinski definition) is 0. The van der Waals surface area contributed by atoms with E-state index in [-0.39, 0.29) is 5.91 Å². The van der Waals surface area contributed by atoms with Crippen molar-refractivity contribution in [1.82, 2.24) is 10.1 Å². The molecule has 3 aliphatic rings. The van der Waals surface area contributed by atoms with Crippen LogP contribution in [0.4, 0.5) is 0 Å². The van der Waals surface area contributed by atoms with Crippen molar-refractivity contribution in [3.8, 4) is 0 Å². The number of hydrogen-bond acceptors (Lipinski definition) is 3. The van der Waals surface area contributed by atoms with Gasteiger partial charge < -0.3 is 9.42 Å². The smallest absolute Gasteiger partial charge is 0.276 e. The highest BCUT2D eigenvalue weighted by molar-refractivity contribution is 5.92. The van der Waals surface area contributed by atoms with Gasteiger partial charge >= 0.3 is 0 Å². The molecule has 150 valence electrons. The topological polar surface area (TPSA) is 46.3 Å². The van der Waals surface area contributed by atoms with Crippen molar-refractivity contribution in [2.45, 2.75) is 110 Å². The molecule has 0 bridgehead atoms. The molecule has 0 aromatic carbocycles. The Kier molecular flexibility index (Phi) is 4.88. The molecule has 1 heterocycles. The fourth-order valence-corrected chi connectivity index (χ4v) is 5.04. The number of aromatic nitrogens is 1. The summed E-state index contributed by atoms with van der Waals surface area (Å²) in [6, 6.07) is 2.64. The molecular formula is C23H36N2O2. The summed E-state index contributed by atoms with van der Waals surface area (Å²) in [5, 5.41) is 4.18. The van der Waals surface area contributed by atoms with E-state index in [1.807, 2.05) is 6.07 Å². The third kappa shape index (κ3) is 4.25. The van der Waals surface area contributed by atoms with E-state index >= 15 is 0 Å². The van der Waals surface area contributed by atoms with Crippen LogP contribution in [0.5, 0.6) is 0 Å². The minimum Gasteiger partial charge on any atom is -0.360 e. The molecule has 1 aromatic rings. The predicted molar refractivity (Wildman–Crippen MR) is 107 cm³/mol. The van der Waals surface area contributed by atoms with E-state index in [1.54, 1.807) is 0 Å². The lowest BCUT2D eigenvalue weighted by atomic mass is 9.72. The average molecular weight is 373 g/mol. The number of rotatable bonds is 4. The van der Waals surface area contributed by atoms with Crippen molar-refractivity contribution >= 4 is 5.91 Å². The summed E-state index contributed by atoms with van der Waals surface area (Å²) in [5.74, 6) is 1.52. The molecule has 27 heavy (non-hydrogen) atoms. The largest absolute Gasteiger partial charge is 0.360 e. The molecule has 0 N–H and O–H groups in total. The van der Waals surface area contributed by atoms with Crippen LogP contribution < -0.4 is 0 Å². The molecule has 1 aromatic heterocycles. The van der Waals surface area contributed by atoms with Crippen LogP contribution in [-0.2, 0) is 0 Å². The Morgan fingerprint density at radius 1 is 0.926 bits per heavy atom. The average Bonchev–Trinajstić information content (AvgIpc) is 3.34. The predicted octanol–water partition coefficient (Wildman–Crippen LogP) is 5.93. The number of carbonyl (C=O) groups excluding carboxylic acids is 1. The van der Waals surface area contributed by atoms with Gasteiger partial charge in [-0.3, -0.25) is 4.79 Å². The van der Waals surface area contributed by atoms with Crippen LogP contribution in [0.3, 0.4) is 0 Å². The third-order valence-electron chi connectivity index (χ3n) is 7.37. The maximum absolute atomic E-state index is 13.5. The number of amides is 1. The van der Waals surface area contributed by atoms with Gasteiger partial charge in [0.15, 0.2) is 5.69 Å². The van der Waals surface area contributed by atoms with Gasteiger partial charge in [0.1, 0.15) is 5.76 Å². The maximum Gasteiger partial charge on any atom is 0.276 e. The third-order valence-corrected chi connectivity index (χ3v) is 7.37. The first-order valence-electron chi connectivity index (χ1n) is 11.0. The summed E-state index contributed by atoms with van der Waals surface area (Å²) in [7, 11) is 0. The summed E-state index contributed by atoms with van der Waals surface area (Å²) in [5.41, 5.74) is 1.35. The van der Waals surface area contributed by atoms with E-state index in [9.17, 15) is 4.79 Å². The van der Waals surface area contributed by atoms with Crippen LogP contribution in [0.2, 0.25) is 0 Å². The van der Waals surface area contributed by atoms with Crippen molar-refractivity contribution in [3.05, 3.63) is 17.5 Å². The number of carbonyl (C=O) groups is 1. The van der Waals surface area contributed by atoms with Gasteiger partial charge in [-0.05, 0) is 75.0 Å². The van der Waals surface area contributed by atoms with Gasteiger partial charge in [0.25, 0.3) is 5.91 Å². The highest BCUT2D eigenvalue weighted by Gasteiger charge is 2.40. The zero-order valence-electron chi connectivity index (χ0n) is 17.6. The van der Waals surface area contributed by atoms with Crippen molar-refractivity contribution in [3.63, 3.8) is 0 Å². The van der Waals surface area contributed by atoms with Crippen molar-refractivity contribution in [2.75, 3.05) is 0 Å². The Morgan fingerprint density at radius 3 is 1.85 bits per heavy atom. The SMILES string of the molecule is CC1(C)CCC(N(C(=O)c2cc(C3CC3)on2)C2CCC(C)(C)CC2)CC1. The van der Waals surface area contributed by atoms with Crippen molar-refractivity contribution in [2.24, 2.45) is 10.8 Å². The fraction of sp³-hybridized carbons (Fsp3) is 0.826. The minimum absolute atomic E-state index is 0.111. The van der Waals surface area contributed by atoms with E-state index in [2.05, 4.69) is 37.8 Å². The van der Waals surface area contributed by atoms with E-state index in [0.717, 1.165) is 31.4 Å². The molecule has 0 radical (unpaired) electrons. The zero-order valence-corrected chi connectivity index (χ0v) is 17.6. The molecule has 0 atom stereocenters. The molecule has 0 aliphatic heterocycles. The quantitative estimate of drug-likeness (QED) is 0.658. The molecule has 3 aliphatic carbocycles. The standard InChI is InChI=1S/C23H36N2O2/c1-22(2)11-7-17(8-12-22)25(18-9-13-23(3,4)14-10-18)21(26)19-15-20(27-24-19)16-5-6-16/h15-18H,5-14H2,1-4H3. The normalized spacial score (nSPS) is 26.1. The van der Waals surface area contributed by atoms with Gasteiger partial charge in [0, 0.05) is 24.1 Å². The maximum atomic E-state index is 13.5. The molecule has 0 unspecified atom stereocenters. The minimum atomic E-state index is 0.111. The fourth-order valence-electron chi connectivity index (χ4n) is 5.04. The Hall–Kier alpha value is -1.32. The molecule has 3 saturated carbocycles. The summed E-state index contributed by atoms with van der Waals surface area (Å²) < 4.78 is 5.50. The second kappa shape index (κ2) is 6.93. The zero-order chi connectivity index (χ0) is 19.2. The van der Waals surface area contributed by atoms with Crippen LogP contribution in [-0.4, -0.2) is 28.0 Å². The molecular weight excluding hydrogens is 336 g/mol. The van der Waals surface area contributed by atoms with Gasteiger partial charge in [-0.15, -0.1) is 0 Å². The summed E-state index contributed by atoms with van der Waals surface area (Å²) in [6.45, 7) is 9.44. The van der Waals surface area contributed by atoms with Gasteiger partial charge in [-0.1, -0.05) is 32.9 Å². The molecule has 4 nitrogen and oxygen atoms in total. The van der Waals surface area contributed by atoms with Crippen molar-refractivity contribution in [1.29, 1.82) is 0 Å². The number of nitrogens with zero attached hydrogens (tertiary/aromatic N) is 2. The van der Waals surface area contributed by atoms with Crippen LogP contribution in [0.15, 0.2) is 10.6 Å². The highest BCUT2D eigenvalue weighted by atomic mass is 16.5. The van der Waals surface area contributed by atoms with E-state index in [0.29, 0.717) is 34.5 Å². The monoisotopic (exact) mass is 372 g/mol. The molecule has 4 heteroatoms. The van der Waals surface area contributed by atoms with Gasteiger partial charge in [-0.25, -0.2) is 0 Å². The first-order valence-corrected chi connectivity index (χ1v) is 11.0. The van der Waals surface area contributed by atoms with Gasteiger partial charge in [0.05, 0.1) is 0 Å². The second-order valence-electron chi connectivity index (χ2n) is 10.9. The molecule has 1 amide bonds. The Bertz CT molecular complexity index is 638. The van der Waals surface area contributed by atoms with Crippen molar-refractivity contribution < 1.29 is 9.32 Å².